The number of unbranched alkanes of at least 4 members (excludes halogenated alkanes) is 3. The molecule has 7 unspecified atom stereocenters. The van der Waals surface area contributed by atoms with E-state index in [9.17, 15) is 35.9 Å². The minimum atomic E-state index is -5.76. The molecular weight excluding hydrogens is 518 g/mol. The molecule has 0 radical (unpaired) electrons. The summed E-state index contributed by atoms with van der Waals surface area (Å²) >= 11 is 0. The molecule has 0 spiro atoms. The summed E-state index contributed by atoms with van der Waals surface area (Å²) in [7, 11) is 1.33. The van der Waals surface area contributed by atoms with Gasteiger partial charge in [-0.05, 0) is 93.8 Å². The fraction of sp³-hybridized carbons (Fsp3) is 0.852. The van der Waals surface area contributed by atoms with Crippen molar-refractivity contribution in [3.05, 3.63) is 12.2 Å². The Morgan fingerprint density at radius 2 is 1.45 bits per heavy atom. The summed E-state index contributed by atoms with van der Waals surface area (Å²) in [6.07, 6.45) is -6.57. The number of rotatable bonds is 9. The standard InChI is InChI=1S/C22H30F6O3.C5H8O2/c23-21(24,25)20(30,22(26,27)28)7-3-1-2-4-8-31-19(29)16-11-14-10-15(16)18-13-6-5-12(9-13)17(14)18;1-4(2)5(6)7-3/h12-18,30H,1-11H2;1H2,2-3H3. The second kappa shape index (κ2) is 11.8. The zero-order valence-electron chi connectivity index (χ0n) is 21.9. The van der Waals surface area contributed by atoms with Gasteiger partial charge in [0.15, 0.2) is 0 Å². The van der Waals surface area contributed by atoms with Crippen LogP contribution in [0.5, 0.6) is 0 Å². The van der Waals surface area contributed by atoms with Crippen molar-refractivity contribution in [2.75, 3.05) is 13.7 Å². The molecule has 0 amide bonds. The Bertz CT molecular complexity index is 855. The van der Waals surface area contributed by atoms with Crippen LogP contribution in [-0.2, 0) is 19.1 Å². The smallest absolute Gasteiger partial charge is 0.426 e. The predicted molar refractivity (Wildman–Crippen MR) is 125 cm³/mol. The van der Waals surface area contributed by atoms with E-state index in [1.54, 1.807) is 6.92 Å². The Hall–Kier alpha value is -1.78. The Balaban J connectivity index is 0.000000505. The number of alkyl halides is 6. The number of methoxy groups -OCH3 is 1. The van der Waals surface area contributed by atoms with Crippen LogP contribution in [0, 0.1) is 41.4 Å². The van der Waals surface area contributed by atoms with Crippen molar-refractivity contribution >= 4 is 11.9 Å². The van der Waals surface area contributed by atoms with E-state index in [0.717, 1.165) is 30.6 Å². The number of aliphatic hydroxyl groups is 1. The van der Waals surface area contributed by atoms with Crippen LogP contribution in [0.15, 0.2) is 12.2 Å². The molecule has 4 rings (SSSR count). The summed E-state index contributed by atoms with van der Waals surface area (Å²) in [5.41, 5.74) is -4.24. The lowest BCUT2D eigenvalue weighted by Gasteiger charge is -2.37. The van der Waals surface area contributed by atoms with E-state index >= 15 is 0 Å². The van der Waals surface area contributed by atoms with Gasteiger partial charge in [0.25, 0.3) is 5.60 Å². The molecule has 0 aromatic rings. The quantitative estimate of drug-likeness (QED) is 0.117. The van der Waals surface area contributed by atoms with Gasteiger partial charge in [0, 0.05) is 5.57 Å². The summed E-state index contributed by atoms with van der Waals surface area (Å²) < 4.78 is 85.5. The molecule has 218 valence electrons. The Kier molecular flexibility index (Phi) is 9.52. The molecule has 11 heteroatoms. The number of carbonyl (C=O) groups is 2. The average molecular weight is 557 g/mol. The van der Waals surface area contributed by atoms with E-state index in [4.69, 9.17) is 9.84 Å². The number of halogens is 6. The SMILES string of the molecule is C=C(C)C(=O)OC.O=C(OCCCCCCC(O)(C(F)(F)F)C(F)(F)F)C1CC2CC1C1C3CCC(C3)C21. The van der Waals surface area contributed by atoms with Crippen LogP contribution in [0.1, 0.15) is 71.1 Å². The van der Waals surface area contributed by atoms with E-state index in [0.29, 0.717) is 36.2 Å². The van der Waals surface area contributed by atoms with Crippen molar-refractivity contribution in [1.29, 1.82) is 0 Å². The highest BCUT2D eigenvalue weighted by Gasteiger charge is 2.69. The summed E-state index contributed by atoms with van der Waals surface area (Å²) in [5, 5.41) is 9.12. The van der Waals surface area contributed by atoms with Crippen molar-refractivity contribution < 1.29 is 50.5 Å². The first-order valence-electron chi connectivity index (χ1n) is 13.4. The first kappa shape index (κ1) is 30.8. The van der Waals surface area contributed by atoms with Gasteiger partial charge in [-0.1, -0.05) is 19.4 Å². The lowest BCUT2D eigenvalue weighted by Crippen LogP contribution is -2.56. The van der Waals surface area contributed by atoms with Crippen LogP contribution >= 0.6 is 0 Å². The molecule has 0 heterocycles. The first-order valence-corrected chi connectivity index (χ1v) is 13.4. The summed E-state index contributed by atoms with van der Waals surface area (Å²) in [6.45, 7) is 5.09. The second-order valence-corrected chi connectivity index (χ2v) is 11.4. The fourth-order valence-corrected chi connectivity index (χ4v) is 7.57. The summed E-state index contributed by atoms with van der Waals surface area (Å²) in [4.78, 5) is 22.8. The number of ether oxygens (including phenoxy) is 2. The third kappa shape index (κ3) is 6.17. The van der Waals surface area contributed by atoms with Crippen LogP contribution in [0.4, 0.5) is 26.3 Å². The van der Waals surface area contributed by atoms with Gasteiger partial charge in [-0.3, -0.25) is 4.79 Å². The lowest BCUT2D eigenvalue weighted by atomic mass is 9.67. The zero-order chi connectivity index (χ0) is 28.5. The van der Waals surface area contributed by atoms with Crippen molar-refractivity contribution in [3.63, 3.8) is 0 Å². The third-order valence-electron chi connectivity index (χ3n) is 9.19. The lowest BCUT2D eigenvalue weighted by molar-refractivity contribution is -0.370. The van der Waals surface area contributed by atoms with E-state index in [2.05, 4.69) is 11.3 Å². The summed E-state index contributed by atoms with van der Waals surface area (Å²) in [5.74, 6) is 3.61. The van der Waals surface area contributed by atoms with E-state index in [-0.39, 0.29) is 30.9 Å². The van der Waals surface area contributed by atoms with Gasteiger partial charge in [-0.25, -0.2) is 4.79 Å². The van der Waals surface area contributed by atoms with Crippen LogP contribution in [0.3, 0.4) is 0 Å². The van der Waals surface area contributed by atoms with Gasteiger partial charge >= 0.3 is 24.3 Å². The molecule has 38 heavy (non-hydrogen) atoms. The molecular formula is C27H38F6O5. The molecule has 0 aromatic carbocycles. The zero-order valence-corrected chi connectivity index (χ0v) is 21.9. The normalized spacial score (nSPS) is 31.4. The molecule has 4 aliphatic carbocycles. The van der Waals surface area contributed by atoms with Crippen LogP contribution < -0.4 is 0 Å². The number of hydrogen-bond donors (Lipinski definition) is 1. The maximum Gasteiger partial charge on any atom is 0.426 e. The highest BCUT2D eigenvalue weighted by Crippen LogP contribution is 2.68. The van der Waals surface area contributed by atoms with Gasteiger partial charge in [-0.2, -0.15) is 26.3 Å². The largest absolute Gasteiger partial charge is 0.466 e. The molecule has 0 aromatic heterocycles. The molecule has 4 saturated carbocycles. The molecule has 5 nitrogen and oxygen atoms in total. The van der Waals surface area contributed by atoms with E-state index in [1.807, 2.05) is 0 Å². The average Bonchev–Trinajstić information content (AvgIpc) is 3.61. The Morgan fingerprint density at radius 1 is 0.868 bits per heavy atom. The number of hydrogen-bond acceptors (Lipinski definition) is 5. The fourth-order valence-electron chi connectivity index (χ4n) is 7.57. The Labute approximate surface area is 219 Å². The van der Waals surface area contributed by atoms with Gasteiger partial charge in [0.2, 0.25) is 0 Å². The van der Waals surface area contributed by atoms with E-state index < -0.39 is 30.8 Å². The second-order valence-electron chi connectivity index (χ2n) is 11.4. The van der Waals surface area contributed by atoms with Crippen molar-refractivity contribution in [2.24, 2.45) is 41.4 Å². The highest BCUT2D eigenvalue weighted by atomic mass is 19.4. The topological polar surface area (TPSA) is 72.8 Å². The third-order valence-corrected chi connectivity index (χ3v) is 9.19. The number of esters is 2. The summed E-state index contributed by atoms with van der Waals surface area (Å²) in [6, 6.07) is 0. The van der Waals surface area contributed by atoms with E-state index in [1.165, 1.54) is 26.4 Å². The van der Waals surface area contributed by atoms with Gasteiger partial charge in [0.1, 0.15) is 0 Å². The minimum Gasteiger partial charge on any atom is -0.466 e. The molecule has 7 atom stereocenters. The monoisotopic (exact) mass is 556 g/mol. The molecule has 0 saturated heterocycles. The Morgan fingerprint density at radius 3 is 1.97 bits per heavy atom. The highest BCUT2D eigenvalue weighted by molar-refractivity contribution is 5.86. The maximum absolute atomic E-state index is 12.6. The van der Waals surface area contributed by atoms with Crippen LogP contribution in [-0.4, -0.2) is 48.7 Å². The minimum absolute atomic E-state index is 0.0424. The number of carbonyl (C=O) groups excluding carboxylic acids is 2. The first-order chi connectivity index (χ1) is 17.6. The van der Waals surface area contributed by atoms with Crippen molar-refractivity contribution in [3.8, 4) is 0 Å². The molecule has 1 N–H and O–H groups in total. The maximum atomic E-state index is 12.6. The molecule has 4 bridgehead atoms. The molecule has 0 aliphatic heterocycles. The van der Waals surface area contributed by atoms with Crippen molar-refractivity contribution in [1.82, 2.24) is 0 Å². The van der Waals surface area contributed by atoms with Gasteiger partial charge in [-0.15, -0.1) is 0 Å². The van der Waals surface area contributed by atoms with Crippen LogP contribution in [0.2, 0.25) is 0 Å². The molecule has 4 aliphatic rings. The predicted octanol–water partition coefficient (Wildman–Crippen LogP) is 6.39. The van der Waals surface area contributed by atoms with Crippen LogP contribution in [0.25, 0.3) is 0 Å². The van der Waals surface area contributed by atoms with Crippen molar-refractivity contribution in [2.45, 2.75) is 89.1 Å². The van der Waals surface area contributed by atoms with Gasteiger partial charge < -0.3 is 14.6 Å². The number of fused-ring (bicyclic) bond motifs is 9. The molecule has 4 fully saturated rings. The van der Waals surface area contributed by atoms with Gasteiger partial charge in [0.05, 0.1) is 19.6 Å².